The molecule has 0 aromatic heterocycles. The minimum Gasteiger partial charge on any atom is -0.497 e. The number of likely N-dealkylation sites (N-methyl/N-ethyl adjacent to an activating group) is 2. The molecule has 0 spiro atoms. The fraction of sp³-hybridized carbons (Fsp3) is 0.719. The molecule has 13 atom stereocenters. The molecular weight excluding hydrogens is 1020 g/mol. The first-order valence-corrected chi connectivity index (χ1v) is 28.0. The number of ketones is 1. The molecule has 3 saturated heterocycles. The van der Waals surface area contributed by atoms with Crippen molar-refractivity contribution in [2.45, 2.75) is 201 Å². The van der Waals surface area contributed by atoms with Crippen LogP contribution in [0.15, 0.2) is 24.3 Å². The number of fused-ring (bicyclic) bond motifs is 1. The van der Waals surface area contributed by atoms with Gasteiger partial charge in [0.2, 0.25) is 35.4 Å². The molecule has 2 unspecified atom stereocenters. The predicted octanol–water partition coefficient (Wildman–Crippen LogP) is 2.32. The lowest BCUT2D eigenvalue weighted by atomic mass is 9.91. The van der Waals surface area contributed by atoms with Gasteiger partial charge in [-0.2, -0.15) is 0 Å². The number of amides is 7. The molecule has 3 heterocycles. The second-order valence-corrected chi connectivity index (χ2v) is 23.0. The van der Waals surface area contributed by atoms with E-state index in [1.54, 1.807) is 52.0 Å². The van der Waals surface area contributed by atoms with Crippen molar-refractivity contribution >= 4 is 59.1 Å². The number of Topliss-reactive ketones (excluding diaryl/α,β-unsaturated/α-hetero) is 1. The minimum absolute atomic E-state index is 0.0720. The summed E-state index contributed by atoms with van der Waals surface area (Å²) in [7, 11) is 4.29. The van der Waals surface area contributed by atoms with Gasteiger partial charge in [-0.1, -0.05) is 73.9 Å². The molecule has 1 aromatic rings. The Morgan fingerprint density at radius 1 is 0.861 bits per heavy atom. The molecule has 5 N–H and O–H groups in total. The van der Waals surface area contributed by atoms with Gasteiger partial charge >= 0.3 is 11.9 Å². The Kier molecular flexibility index (Phi) is 24.3. The summed E-state index contributed by atoms with van der Waals surface area (Å²) in [5.74, 6) is -10.3. The van der Waals surface area contributed by atoms with Crippen LogP contribution >= 0.6 is 0 Å². The van der Waals surface area contributed by atoms with E-state index in [9.17, 15) is 53.4 Å². The number of hydrogen-bond donors (Lipinski definition) is 5. The highest BCUT2D eigenvalue weighted by atomic mass is 16.6. The van der Waals surface area contributed by atoms with Crippen LogP contribution in [0.1, 0.15) is 133 Å². The van der Waals surface area contributed by atoms with E-state index < -0.39 is 150 Å². The monoisotopic (exact) mass is 1110 g/mol. The quantitative estimate of drug-likeness (QED) is 0.124. The zero-order chi connectivity index (χ0) is 59.3. The van der Waals surface area contributed by atoms with Crippen molar-refractivity contribution in [3.63, 3.8) is 0 Å². The van der Waals surface area contributed by atoms with Crippen LogP contribution in [-0.4, -0.2) is 190 Å². The van der Waals surface area contributed by atoms with E-state index >= 15 is 4.79 Å². The summed E-state index contributed by atoms with van der Waals surface area (Å²) >= 11 is 0. The summed E-state index contributed by atoms with van der Waals surface area (Å²) in [4.78, 5) is 149. The highest BCUT2D eigenvalue weighted by Gasteiger charge is 2.46. The number of aliphatic hydroxyl groups is 2. The van der Waals surface area contributed by atoms with Gasteiger partial charge in [0.25, 0.3) is 5.91 Å². The van der Waals surface area contributed by atoms with Crippen molar-refractivity contribution in [1.82, 2.24) is 35.6 Å². The molecule has 0 radical (unpaired) electrons. The Balaban J connectivity index is 1.89. The lowest BCUT2D eigenvalue weighted by Crippen LogP contribution is -2.62. The molecule has 442 valence electrons. The van der Waals surface area contributed by atoms with Gasteiger partial charge < -0.3 is 60.0 Å². The Morgan fingerprint density at radius 3 is 2.06 bits per heavy atom. The number of hydrogen-bond acceptors (Lipinski definition) is 15. The first-order chi connectivity index (χ1) is 37.0. The van der Waals surface area contributed by atoms with E-state index in [-0.39, 0.29) is 57.0 Å². The van der Waals surface area contributed by atoms with Crippen molar-refractivity contribution in [3.05, 3.63) is 29.8 Å². The van der Waals surface area contributed by atoms with Gasteiger partial charge in [0.05, 0.1) is 31.6 Å². The van der Waals surface area contributed by atoms with Crippen molar-refractivity contribution in [2.75, 3.05) is 34.3 Å². The normalized spacial score (nSPS) is 27.7. The number of nitrogens with one attached hydrogen (secondary N) is 3. The van der Waals surface area contributed by atoms with Gasteiger partial charge in [0.15, 0.2) is 11.9 Å². The second kappa shape index (κ2) is 29.3. The van der Waals surface area contributed by atoms with Crippen LogP contribution in [0, 0.1) is 29.6 Å². The molecule has 22 nitrogen and oxygen atoms in total. The third-order valence-corrected chi connectivity index (χ3v) is 15.5. The number of aliphatic hydroxyl groups excluding tert-OH is 2. The standard InChI is InChI=1S/C57H89N7O15/c1-15-33(8)46-44(66)29-45(67)79-49(32(6)7)48(68)34(9)50(69)58-39(26-30(2)3)54(73)64-25-17-19-41(64)56(75)62(13)43(28-37-20-22-38(77-14)23-21-37)57(76)78-36(11)47(52(71)59-46)60-51(70)42(27-31(4)5)61(12)55(74)40-18-16-24-63(40)53(72)35(10)65/h20-23,30-36,39-44,46-47,49,65-66H,15-19,24-29H2,1-14H3,(H,58,69)(H,59,71)(H,60,70)/t33-,34-,35-,36+,39-,40?,41-,42+,43-,44-,46+,47?,49-/m0/s1. The van der Waals surface area contributed by atoms with E-state index in [1.807, 2.05) is 27.7 Å². The van der Waals surface area contributed by atoms with E-state index in [1.165, 1.54) is 61.6 Å². The van der Waals surface area contributed by atoms with Crippen LogP contribution in [0.25, 0.3) is 0 Å². The zero-order valence-corrected chi connectivity index (χ0v) is 48.8. The minimum atomic E-state index is -1.76. The summed E-state index contributed by atoms with van der Waals surface area (Å²) < 4.78 is 17.2. The van der Waals surface area contributed by atoms with Crippen LogP contribution < -0.4 is 20.7 Å². The first kappa shape index (κ1) is 65.4. The summed E-state index contributed by atoms with van der Waals surface area (Å²) in [6.45, 7) is 18.4. The van der Waals surface area contributed by atoms with Crippen LogP contribution in [-0.2, 0) is 63.8 Å². The van der Waals surface area contributed by atoms with Crippen LogP contribution in [0.3, 0.4) is 0 Å². The fourth-order valence-electron chi connectivity index (χ4n) is 10.5. The third kappa shape index (κ3) is 16.9. The van der Waals surface area contributed by atoms with Crippen LogP contribution in [0.2, 0.25) is 0 Å². The fourth-order valence-corrected chi connectivity index (χ4v) is 10.5. The summed E-state index contributed by atoms with van der Waals surface area (Å²) in [6, 6.07) is -2.19. The summed E-state index contributed by atoms with van der Waals surface area (Å²) in [5, 5.41) is 30.2. The lowest BCUT2D eigenvalue weighted by molar-refractivity contribution is -0.163. The third-order valence-electron chi connectivity index (χ3n) is 15.5. The van der Waals surface area contributed by atoms with E-state index in [0.717, 1.165) is 0 Å². The van der Waals surface area contributed by atoms with Crippen molar-refractivity contribution < 1.29 is 72.4 Å². The second-order valence-electron chi connectivity index (χ2n) is 23.0. The molecule has 0 bridgehead atoms. The topological polar surface area (TPSA) is 288 Å². The molecule has 0 saturated carbocycles. The van der Waals surface area contributed by atoms with Crippen molar-refractivity contribution in [3.8, 4) is 5.75 Å². The maximum absolute atomic E-state index is 15.0. The number of cyclic esters (lactones) is 2. The van der Waals surface area contributed by atoms with Crippen molar-refractivity contribution in [1.29, 1.82) is 0 Å². The molecule has 1 aromatic carbocycles. The van der Waals surface area contributed by atoms with E-state index in [2.05, 4.69) is 16.0 Å². The number of likely N-dealkylation sites (tertiary alicyclic amines) is 1. The lowest BCUT2D eigenvalue weighted by Gasteiger charge is -2.36. The number of benzene rings is 1. The highest BCUT2D eigenvalue weighted by molar-refractivity contribution is 6.05. The number of methoxy groups -OCH3 is 1. The van der Waals surface area contributed by atoms with Gasteiger partial charge in [0, 0.05) is 33.6 Å². The average Bonchev–Trinajstić information content (AvgIpc) is 4.13. The summed E-state index contributed by atoms with van der Waals surface area (Å²) in [5.41, 5.74) is 0.571. The maximum Gasteiger partial charge on any atom is 0.329 e. The smallest absolute Gasteiger partial charge is 0.329 e. The Labute approximate surface area is 465 Å². The summed E-state index contributed by atoms with van der Waals surface area (Å²) in [6.07, 6.45) is -4.99. The van der Waals surface area contributed by atoms with Gasteiger partial charge in [-0.25, -0.2) is 4.79 Å². The largest absolute Gasteiger partial charge is 0.497 e. The van der Waals surface area contributed by atoms with Crippen LogP contribution in [0.4, 0.5) is 0 Å². The molecule has 4 rings (SSSR count). The SMILES string of the molecule is CC[C@H](C)[C@H]1NC(=O)C(NC(=O)[C@@H](CC(C)C)N(C)C(=O)C2CCCN2C(=O)[C@H](C)O)[C@@H](C)OC(=O)[C@H](Cc2ccc(OC)cc2)N(C)C(=O)[C@@H]2CCCN2C(=O)[C@H](CC(C)C)NC(=O)[C@@H](C)C(=O)[C@H](C(C)C)OC(=O)C[C@@H]1O. The Morgan fingerprint density at radius 2 is 1.49 bits per heavy atom. The molecular formula is C57H89N7O15. The molecule has 79 heavy (non-hydrogen) atoms. The Hall–Kier alpha value is -6.16. The molecule has 22 heteroatoms. The number of rotatable bonds is 15. The highest BCUT2D eigenvalue weighted by Crippen LogP contribution is 2.27. The number of ether oxygens (including phenoxy) is 3. The average molecular weight is 1110 g/mol. The van der Waals surface area contributed by atoms with Gasteiger partial charge in [-0.05, 0) is 101 Å². The van der Waals surface area contributed by atoms with Gasteiger partial charge in [-0.15, -0.1) is 0 Å². The molecule has 3 fully saturated rings. The van der Waals surface area contributed by atoms with Gasteiger partial charge in [0.1, 0.15) is 54.2 Å². The molecule has 3 aliphatic rings. The first-order valence-electron chi connectivity index (χ1n) is 28.0. The maximum atomic E-state index is 15.0. The van der Waals surface area contributed by atoms with E-state index in [4.69, 9.17) is 14.2 Å². The van der Waals surface area contributed by atoms with Gasteiger partial charge in [-0.3, -0.25) is 43.2 Å². The molecule has 7 amide bonds. The molecule has 3 aliphatic heterocycles. The zero-order valence-electron chi connectivity index (χ0n) is 48.8. The Bertz CT molecular complexity index is 2330. The number of nitrogens with zero attached hydrogens (tertiary/aromatic N) is 4. The number of esters is 2. The van der Waals surface area contributed by atoms with E-state index in [0.29, 0.717) is 30.6 Å². The van der Waals surface area contributed by atoms with Crippen molar-refractivity contribution in [2.24, 2.45) is 29.6 Å². The number of carbonyl (C=O) groups is 10. The van der Waals surface area contributed by atoms with Crippen LogP contribution in [0.5, 0.6) is 5.75 Å². The number of carbonyl (C=O) groups excluding carboxylic acids is 10. The molecule has 0 aliphatic carbocycles. The predicted molar refractivity (Wildman–Crippen MR) is 290 cm³/mol.